The Kier molecular flexibility index (Phi) is 8.54. The van der Waals surface area contributed by atoms with Gasteiger partial charge < -0.3 is 19.7 Å². The zero-order valence-corrected chi connectivity index (χ0v) is 19.4. The lowest BCUT2D eigenvalue weighted by molar-refractivity contribution is -0.132. The second-order valence-electron chi connectivity index (χ2n) is 8.40. The average Bonchev–Trinajstić information content (AvgIpc) is 2.82. The van der Waals surface area contributed by atoms with Gasteiger partial charge in [0.15, 0.2) is 11.5 Å². The molecule has 0 atom stereocenters. The zero-order chi connectivity index (χ0) is 22.9. The molecule has 1 aliphatic rings. The summed E-state index contributed by atoms with van der Waals surface area (Å²) in [6.07, 6.45) is 3.97. The lowest BCUT2D eigenvalue weighted by Crippen LogP contribution is -2.46. The molecule has 1 saturated heterocycles. The number of ether oxygens (including phenoxy) is 2. The second kappa shape index (κ2) is 11.6. The van der Waals surface area contributed by atoms with Crippen molar-refractivity contribution in [2.24, 2.45) is 0 Å². The highest BCUT2D eigenvalue weighted by atomic mass is 16.5. The van der Waals surface area contributed by atoms with Crippen molar-refractivity contribution in [3.63, 3.8) is 0 Å². The number of carbonyl (C=O) groups is 2. The Bertz CT molecular complexity index is 903. The number of aryl methyl sites for hydroxylation is 3. The quantitative estimate of drug-likeness (QED) is 0.649. The van der Waals surface area contributed by atoms with Crippen LogP contribution in [-0.4, -0.2) is 50.1 Å². The van der Waals surface area contributed by atoms with Crippen molar-refractivity contribution in [3.8, 4) is 11.5 Å². The monoisotopic (exact) mass is 438 g/mol. The lowest BCUT2D eigenvalue weighted by Gasteiger charge is -2.32. The third kappa shape index (κ3) is 6.74. The molecule has 0 radical (unpaired) electrons. The zero-order valence-electron chi connectivity index (χ0n) is 19.4. The summed E-state index contributed by atoms with van der Waals surface area (Å²) in [6.45, 7) is 3.44. The van der Waals surface area contributed by atoms with Crippen LogP contribution in [-0.2, 0) is 22.4 Å². The number of rotatable bonds is 9. The minimum atomic E-state index is 0.0869. The Labute approximate surface area is 190 Å². The van der Waals surface area contributed by atoms with Gasteiger partial charge in [0, 0.05) is 32.0 Å². The molecule has 0 aliphatic carbocycles. The van der Waals surface area contributed by atoms with Crippen LogP contribution in [0.1, 0.15) is 42.4 Å². The highest BCUT2D eigenvalue weighted by Crippen LogP contribution is 2.28. The number of hydrogen-bond acceptors (Lipinski definition) is 4. The number of methoxy groups -OCH3 is 2. The van der Waals surface area contributed by atoms with E-state index < -0.39 is 0 Å². The number of piperidine rings is 1. The van der Waals surface area contributed by atoms with Gasteiger partial charge in [-0.05, 0) is 55.9 Å². The van der Waals surface area contributed by atoms with E-state index in [1.54, 1.807) is 14.2 Å². The van der Waals surface area contributed by atoms with Crippen molar-refractivity contribution in [2.75, 3.05) is 27.3 Å². The van der Waals surface area contributed by atoms with Gasteiger partial charge in [-0.15, -0.1) is 0 Å². The largest absolute Gasteiger partial charge is 0.493 e. The molecule has 2 aromatic carbocycles. The van der Waals surface area contributed by atoms with Crippen molar-refractivity contribution >= 4 is 11.8 Å². The normalized spacial score (nSPS) is 14.2. The molecule has 0 aromatic heterocycles. The van der Waals surface area contributed by atoms with E-state index in [0.717, 1.165) is 24.8 Å². The van der Waals surface area contributed by atoms with Crippen LogP contribution in [0.25, 0.3) is 0 Å². The first-order valence-corrected chi connectivity index (χ1v) is 11.3. The molecule has 3 rings (SSSR count). The summed E-state index contributed by atoms with van der Waals surface area (Å²) < 4.78 is 10.6. The van der Waals surface area contributed by atoms with Crippen molar-refractivity contribution in [3.05, 3.63) is 59.2 Å². The lowest BCUT2D eigenvalue weighted by atomic mass is 10.0. The fourth-order valence-electron chi connectivity index (χ4n) is 4.03. The maximum Gasteiger partial charge on any atom is 0.222 e. The molecule has 2 amide bonds. The van der Waals surface area contributed by atoms with E-state index in [4.69, 9.17) is 9.47 Å². The maximum absolute atomic E-state index is 12.6. The van der Waals surface area contributed by atoms with Gasteiger partial charge in [0.2, 0.25) is 11.8 Å². The fourth-order valence-corrected chi connectivity index (χ4v) is 4.03. The number of benzene rings is 2. The molecule has 1 heterocycles. The Morgan fingerprint density at radius 2 is 1.53 bits per heavy atom. The summed E-state index contributed by atoms with van der Waals surface area (Å²) in [6, 6.07) is 14.2. The van der Waals surface area contributed by atoms with Gasteiger partial charge in [0.1, 0.15) is 0 Å². The summed E-state index contributed by atoms with van der Waals surface area (Å²) in [5, 5.41) is 3.14. The summed E-state index contributed by atoms with van der Waals surface area (Å²) in [4.78, 5) is 26.9. The van der Waals surface area contributed by atoms with Gasteiger partial charge in [0.05, 0.1) is 14.2 Å². The standard InChI is InChI=1S/C26H34N2O4/c1-19-4-6-20(7-5-19)9-12-25(29)27-22-14-16-28(17-15-22)26(30)13-10-21-8-11-23(31-2)24(18-21)32-3/h4-8,11,18,22H,9-10,12-17H2,1-3H3,(H,27,29). The minimum Gasteiger partial charge on any atom is -0.493 e. The Hall–Kier alpha value is -3.02. The third-order valence-electron chi connectivity index (χ3n) is 6.05. The molecule has 0 bridgehead atoms. The summed E-state index contributed by atoms with van der Waals surface area (Å²) in [5.41, 5.74) is 3.45. The molecule has 0 spiro atoms. The number of nitrogens with zero attached hydrogens (tertiary/aromatic N) is 1. The highest BCUT2D eigenvalue weighted by Gasteiger charge is 2.23. The first-order chi connectivity index (χ1) is 15.5. The molecule has 6 heteroatoms. The van der Waals surface area contributed by atoms with E-state index in [-0.39, 0.29) is 17.9 Å². The third-order valence-corrected chi connectivity index (χ3v) is 6.05. The fraction of sp³-hybridized carbons (Fsp3) is 0.462. The van der Waals surface area contributed by atoms with E-state index in [0.29, 0.717) is 43.9 Å². The van der Waals surface area contributed by atoms with Crippen LogP contribution in [0.3, 0.4) is 0 Å². The van der Waals surface area contributed by atoms with E-state index in [9.17, 15) is 9.59 Å². The van der Waals surface area contributed by atoms with E-state index in [2.05, 4.69) is 36.5 Å². The molecule has 1 N–H and O–H groups in total. The van der Waals surface area contributed by atoms with Crippen molar-refractivity contribution in [1.82, 2.24) is 10.2 Å². The molecular weight excluding hydrogens is 404 g/mol. The first kappa shape index (κ1) is 23.6. The molecule has 172 valence electrons. The van der Waals surface area contributed by atoms with Gasteiger partial charge >= 0.3 is 0 Å². The van der Waals surface area contributed by atoms with Crippen molar-refractivity contribution in [2.45, 2.75) is 51.5 Å². The van der Waals surface area contributed by atoms with Crippen LogP contribution in [0.5, 0.6) is 11.5 Å². The number of hydrogen-bond donors (Lipinski definition) is 1. The molecule has 6 nitrogen and oxygen atoms in total. The minimum absolute atomic E-state index is 0.0869. The predicted molar refractivity (Wildman–Crippen MR) is 125 cm³/mol. The van der Waals surface area contributed by atoms with Gasteiger partial charge in [0.25, 0.3) is 0 Å². The van der Waals surface area contributed by atoms with Crippen LogP contribution in [0.15, 0.2) is 42.5 Å². The van der Waals surface area contributed by atoms with E-state index >= 15 is 0 Å². The van der Waals surface area contributed by atoms with Crippen LogP contribution >= 0.6 is 0 Å². The van der Waals surface area contributed by atoms with Crippen LogP contribution < -0.4 is 14.8 Å². The molecular formula is C26H34N2O4. The Morgan fingerprint density at radius 1 is 0.906 bits per heavy atom. The van der Waals surface area contributed by atoms with Crippen molar-refractivity contribution < 1.29 is 19.1 Å². The van der Waals surface area contributed by atoms with Crippen LogP contribution in [0.4, 0.5) is 0 Å². The van der Waals surface area contributed by atoms with Crippen LogP contribution in [0.2, 0.25) is 0 Å². The number of carbonyl (C=O) groups excluding carboxylic acids is 2. The molecule has 1 aliphatic heterocycles. The number of likely N-dealkylation sites (tertiary alicyclic amines) is 1. The molecule has 32 heavy (non-hydrogen) atoms. The topological polar surface area (TPSA) is 67.9 Å². The SMILES string of the molecule is COc1ccc(CCC(=O)N2CCC(NC(=O)CCc3ccc(C)cc3)CC2)cc1OC. The molecule has 1 fully saturated rings. The van der Waals surface area contributed by atoms with Crippen LogP contribution in [0, 0.1) is 6.92 Å². The predicted octanol–water partition coefficient (Wildman–Crippen LogP) is 3.68. The average molecular weight is 439 g/mol. The van der Waals surface area contributed by atoms with Gasteiger partial charge in [-0.2, -0.15) is 0 Å². The maximum atomic E-state index is 12.6. The smallest absolute Gasteiger partial charge is 0.222 e. The van der Waals surface area contributed by atoms with Gasteiger partial charge in [-0.25, -0.2) is 0 Å². The number of nitrogens with one attached hydrogen (secondary N) is 1. The van der Waals surface area contributed by atoms with E-state index in [1.807, 2.05) is 23.1 Å². The van der Waals surface area contributed by atoms with Gasteiger partial charge in [-0.3, -0.25) is 9.59 Å². The second-order valence-corrected chi connectivity index (χ2v) is 8.40. The molecule has 2 aromatic rings. The Balaban J connectivity index is 1.37. The number of amides is 2. The van der Waals surface area contributed by atoms with E-state index in [1.165, 1.54) is 11.1 Å². The summed E-state index contributed by atoms with van der Waals surface area (Å²) >= 11 is 0. The van der Waals surface area contributed by atoms with Crippen molar-refractivity contribution in [1.29, 1.82) is 0 Å². The molecule has 0 saturated carbocycles. The summed E-state index contributed by atoms with van der Waals surface area (Å²) in [5.74, 6) is 1.61. The summed E-state index contributed by atoms with van der Waals surface area (Å²) in [7, 11) is 3.22. The first-order valence-electron chi connectivity index (χ1n) is 11.3. The molecule has 0 unspecified atom stereocenters. The Morgan fingerprint density at radius 3 is 2.19 bits per heavy atom. The highest BCUT2D eigenvalue weighted by molar-refractivity contribution is 5.77. The van der Waals surface area contributed by atoms with Gasteiger partial charge in [-0.1, -0.05) is 35.9 Å².